The third-order valence-electron chi connectivity index (χ3n) is 13.1. The molecule has 5 aliphatic rings. The number of hydrogen-bond acceptors (Lipinski definition) is 10. The van der Waals surface area contributed by atoms with Crippen molar-refractivity contribution in [2.75, 3.05) is 46.6 Å². The van der Waals surface area contributed by atoms with Gasteiger partial charge in [0.2, 0.25) is 0 Å². The molecule has 11 nitrogen and oxygen atoms in total. The van der Waals surface area contributed by atoms with Gasteiger partial charge < -0.3 is 34.1 Å². The number of esters is 1. The van der Waals surface area contributed by atoms with Gasteiger partial charge in [0.25, 0.3) is 0 Å². The van der Waals surface area contributed by atoms with Crippen LogP contribution in [0.1, 0.15) is 92.2 Å². The molecule has 6 rings (SSSR count). The molecule has 0 aromatic heterocycles. The lowest BCUT2D eigenvalue weighted by Crippen LogP contribution is -2.68. The number of Topliss-reactive ketones (excluding diaryl/α,β-unsaturated/α-hetero) is 1. The van der Waals surface area contributed by atoms with Gasteiger partial charge in [0.15, 0.2) is 0 Å². The lowest BCUT2D eigenvalue weighted by atomic mass is 9.45. The molecule has 0 spiro atoms. The summed E-state index contributed by atoms with van der Waals surface area (Å²) in [5.74, 6) is -0.937. The number of benzene rings is 1. The summed E-state index contributed by atoms with van der Waals surface area (Å²) in [6.45, 7) is 17.7. The number of morpholine rings is 1. The highest BCUT2D eigenvalue weighted by Crippen LogP contribution is 2.63. The first-order valence-electron chi connectivity index (χ1n) is 19.1. The molecule has 2 heterocycles. The number of hydrogen-bond donors (Lipinski definition) is 2. The second-order valence-electron chi connectivity index (χ2n) is 17.5. The van der Waals surface area contributed by atoms with Crippen molar-refractivity contribution in [1.29, 1.82) is 0 Å². The highest BCUT2D eigenvalue weighted by Gasteiger charge is 2.67. The van der Waals surface area contributed by atoms with Crippen LogP contribution in [0.5, 0.6) is 0 Å². The number of nitrogens with one attached hydrogen (secondary N) is 1. The molecule has 2 saturated carbocycles. The van der Waals surface area contributed by atoms with Crippen LogP contribution in [0.25, 0.3) is 0 Å². The Morgan fingerprint density at radius 2 is 1.79 bits per heavy atom. The molecular formula is C41H60N2O9. The Kier molecular flexibility index (Phi) is 11.0. The number of rotatable bonds is 9. The topological polar surface area (TPSA) is 133 Å². The average molecular weight is 725 g/mol. The Hall–Kier alpha value is -2.83. The standard InChI is InChI=1S/C41H60N2O9/c1-25-32(51-34(44)20-30(26-12-10-9-11-13-26)42-37(46)52-38(2,3)4)23-41(47)22-29-28-24-50-31(28)21-33(48-8)40(29,7)36(45)27(35(25)39(41,5)6)14-15-43-16-18-49-19-17-43/h9-13,27-33,47H,14-24H2,1-8H3,(H,42,46)/t27-,28?,29?,30-,31-,32+,33+,40+,41+/m1/s1. The molecule has 3 aliphatic carbocycles. The largest absolute Gasteiger partial charge is 0.458 e. The molecule has 288 valence electrons. The fourth-order valence-corrected chi connectivity index (χ4v) is 10.0. The first-order chi connectivity index (χ1) is 24.5. The van der Waals surface area contributed by atoms with Gasteiger partial charge in [-0.05, 0) is 76.6 Å². The van der Waals surface area contributed by atoms with Crippen molar-refractivity contribution in [2.24, 2.45) is 28.6 Å². The smallest absolute Gasteiger partial charge is 0.408 e. The van der Waals surface area contributed by atoms with Crippen LogP contribution in [-0.2, 0) is 33.3 Å². The van der Waals surface area contributed by atoms with Crippen LogP contribution < -0.4 is 5.32 Å². The zero-order chi connectivity index (χ0) is 37.6. The molecule has 2 saturated heterocycles. The normalized spacial score (nSPS) is 35.2. The maximum atomic E-state index is 15.4. The van der Waals surface area contributed by atoms with Crippen molar-refractivity contribution < 1.29 is 43.2 Å². The first-order valence-corrected chi connectivity index (χ1v) is 19.1. The number of amides is 1. The van der Waals surface area contributed by atoms with E-state index >= 15 is 4.79 Å². The van der Waals surface area contributed by atoms with E-state index in [1.807, 2.05) is 37.3 Å². The van der Waals surface area contributed by atoms with E-state index in [1.54, 1.807) is 27.9 Å². The van der Waals surface area contributed by atoms with E-state index < -0.39 is 52.2 Å². The quantitative estimate of drug-likeness (QED) is 0.252. The van der Waals surface area contributed by atoms with Gasteiger partial charge in [0.05, 0.1) is 55.5 Å². The van der Waals surface area contributed by atoms with Crippen LogP contribution in [0.4, 0.5) is 4.79 Å². The summed E-state index contributed by atoms with van der Waals surface area (Å²) in [4.78, 5) is 44.6. The highest BCUT2D eigenvalue weighted by atomic mass is 16.6. The van der Waals surface area contributed by atoms with E-state index in [4.69, 9.17) is 23.7 Å². The number of nitrogens with zero attached hydrogens (tertiary/aromatic N) is 1. The van der Waals surface area contributed by atoms with Gasteiger partial charge in [0.1, 0.15) is 17.5 Å². The van der Waals surface area contributed by atoms with E-state index in [0.717, 1.165) is 29.8 Å². The number of fused-ring (bicyclic) bond motifs is 5. The molecule has 2 N–H and O–H groups in total. The van der Waals surface area contributed by atoms with Crippen LogP contribution in [0.15, 0.2) is 41.5 Å². The molecular weight excluding hydrogens is 664 g/mol. The number of ketones is 1. The molecule has 9 atom stereocenters. The van der Waals surface area contributed by atoms with Crippen molar-refractivity contribution in [3.05, 3.63) is 47.0 Å². The summed E-state index contributed by atoms with van der Waals surface area (Å²) < 4.78 is 29.6. The third kappa shape index (κ3) is 7.32. The first kappa shape index (κ1) is 38.9. The van der Waals surface area contributed by atoms with E-state index in [-0.39, 0.29) is 42.7 Å². The van der Waals surface area contributed by atoms with E-state index in [1.165, 1.54) is 0 Å². The second kappa shape index (κ2) is 14.8. The Labute approximate surface area is 309 Å². The Morgan fingerprint density at radius 1 is 1.10 bits per heavy atom. The summed E-state index contributed by atoms with van der Waals surface area (Å²) >= 11 is 0. The Morgan fingerprint density at radius 3 is 2.40 bits per heavy atom. The van der Waals surface area contributed by atoms with Crippen molar-refractivity contribution in [3.63, 3.8) is 0 Å². The number of alkyl carbamates (subject to hydrolysis) is 1. The molecule has 2 unspecified atom stereocenters. The number of aliphatic hydroxyl groups is 1. The monoisotopic (exact) mass is 724 g/mol. The molecule has 1 aromatic carbocycles. The Balaban J connectivity index is 1.35. The maximum Gasteiger partial charge on any atom is 0.408 e. The van der Waals surface area contributed by atoms with Gasteiger partial charge in [-0.2, -0.15) is 0 Å². The fraction of sp³-hybridized carbons (Fsp3) is 0.732. The minimum atomic E-state index is -1.29. The zero-order valence-electron chi connectivity index (χ0n) is 32.4. The molecule has 11 heteroatoms. The molecule has 4 fully saturated rings. The summed E-state index contributed by atoms with van der Waals surface area (Å²) in [6, 6.07) is 8.58. The van der Waals surface area contributed by atoms with Crippen LogP contribution >= 0.6 is 0 Å². The maximum absolute atomic E-state index is 15.4. The van der Waals surface area contributed by atoms with Crippen LogP contribution in [0.2, 0.25) is 0 Å². The van der Waals surface area contributed by atoms with Gasteiger partial charge in [-0.1, -0.05) is 44.2 Å². The molecule has 0 radical (unpaired) electrons. The van der Waals surface area contributed by atoms with Gasteiger partial charge >= 0.3 is 12.1 Å². The summed E-state index contributed by atoms with van der Waals surface area (Å²) in [5.41, 5.74) is -1.19. The van der Waals surface area contributed by atoms with Crippen LogP contribution in [-0.4, -0.2) is 104 Å². The molecule has 2 aliphatic heterocycles. The number of methoxy groups -OCH3 is 1. The number of carbonyl (C=O) groups excluding carboxylic acids is 3. The molecule has 1 amide bonds. The van der Waals surface area contributed by atoms with Gasteiger partial charge in [-0.15, -0.1) is 0 Å². The predicted molar refractivity (Wildman–Crippen MR) is 194 cm³/mol. The highest BCUT2D eigenvalue weighted by molar-refractivity contribution is 5.91. The van der Waals surface area contributed by atoms with Crippen molar-refractivity contribution in [1.82, 2.24) is 10.2 Å². The number of ether oxygens (including phenoxy) is 5. The molecule has 1 aromatic rings. The summed E-state index contributed by atoms with van der Waals surface area (Å²) in [5, 5.41) is 15.9. The fourth-order valence-electron chi connectivity index (χ4n) is 10.0. The van der Waals surface area contributed by atoms with Crippen molar-refractivity contribution >= 4 is 17.8 Å². The third-order valence-corrected chi connectivity index (χ3v) is 13.1. The predicted octanol–water partition coefficient (Wildman–Crippen LogP) is 5.40. The van der Waals surface area contributed by atoms with E-state index in [2.05, 4.69) is 31.0 Å². The van der Waals surface area contributed by atoms with Crippen molar-refractivity contribution in [2.45, 2.75) is 116 Å². The molecule has 2 bridgehead atoms. The summed E-state index contributed by atoms with van der Waals surface area (Å²) in [7, 11) is 1.68. The van der Waals surface area contributed by atoms with E-state index in [0.29, 0.717) is 45.6 Å². The minimum Gasteiger partial charge on any atom is -0.458 e. The van der Waals surface area contributed by atoms with Gasteiger partial charge in [-0.3, -0.25) is 14.5 Å². The van der Waals surface area contributed by atoms with Crippen LogP contribution in [0, 0.1) is 28.6 Å². The van der Waals surface area contributed by atoms with E-state index in [9.17, 15) is 14.7 Å². The minimum absolute atomic E-state index is 0.0184. The lowest BCUT2D eigenvalue weighted by molar-refractivity contribution is -0.245. The van der Waals surface area contributed by atoms with Gasteiger partial charge in [0, 0.05) is 50.3 Å². The average Bonchev–Trinajstić information content (AvgIpc) is 3.06. The molecule has 52 heavy (non-hydrogen) atoms. The lowest BCUT2D eigenvalue weighted by Gasteiger charge is -2.63. The van der Waals surface area contributed by atoms with Gasteiger partial charge in [-0.25, -0.2) is 4.79 Å². The Bertz CT molecular complexity index is 1520. The van der Waals surface area contributed by atoms with Crippen LogP contribution in [0.3, 0.4) is 0 Å². The SMILES string of the molecule is CO[C@H]1C[C@H]2OCC2C2C[C@]3(O)C[C@H](OC(=O)C[C@@H](NC(=O)OC(C)(C)C)c4ccccc4)C(C)=C([C@@H](CCN4CCOCC4)C(=O)[C@@]21C)C3(C)C. The second-order valence-corrected chi connectivity index (χ2v) is 17.5. The number of carbonyl (C=O) groups is 3. The van der Waals surface area contributed by atoms with Crippen molar-refractivity contribution in [3.8, 4) is 0 Å². The summed E-state index contributed by atoms with van der Waals surface area (Å²) in [6.07, 6.45) is -0.101. The zero-order valence-corrected chi connectivity index (χ0v) is 32.4.